The molecule has 0 aliphatic rings. The molecule has 4 heterocycles. The zero-order valence-electron chi connectivity index (χ0n) is 23.2. The van der Waals surface area contributed by atoms with E-state index in [0.717, 1.165) is 16.8 Å². The van der Waals surface area contributed by atoms with Crippen LogP contribution in [0.1, 0.15) is 43.8 Å². The Morgan fingerprint density at radius 1 is 1.05 bits per heavy atom. The molecule has 0 aliphatic carbocycles. The number of aromatic nitrogens is 6. The standard InChI is InChI=1S/C30H28FN7O2S/c1-15(2)40-22-10-9-20(12-21(22)31)26-24-27(32)33-14-34-28(24)38(36-26)18(5)25-23(19-8-6-7-16(3)11-19)29(39)37-17(4)13-41-30(37)35-25/h6-15,18H,1-5H3,(H2,32,33,34)/t18-/m0/s1. The third kappa shape index (κ3) is 4.51. The molecule has 41 heavy (non-hydrogen) atoms. The number of fused-ring (bicyclic) bond motifs is 2. The first-order valence-corrected chi connectivity index (χ1v) is 14.0. The van der Waals surface area contributed by atoms with Gasteiger partial charge in [0.25, 0.3) is 5.56 Å². The Hall–Kier alpha value is -4.64. The van der Waals surface area contributed by atoms with Crippen molar-refractivity contribution < 1.29 is 9.13 Å². The molecule has 0 spiro atoms. The third-order valence-corrected chi connectivity index (χ3v) is 7.87. The zero-order chi connectivity index (χ0) is 29.0. The molecule has 0 amide bonds. The topological polar surface area (TPSA) is 113 Å². The maximum atomic E-state index is 15.0. The second kappa shape index (κ2) is 10.1. The lowest BCUT2D eigenvalue weighted by molar-refractivity contribution is 0.231. The van der Waals surface area contributed by atoms with Gasteiger partial charge in [0, 0.05) is 16.6 Å². The Morgan fingerprint density at radius 2 is 1.85 bits per heavy atom. The maximum absolute atomic E-state index is 15.0. The monoisotopic (exact) mass is 569 g/mol. The van der Waals surface area contributed by atoms with Crippen molar-refractivity contribution in [2.24, 2.45) is 0 Å². The van der Waals surface area contributed by atoms with Crippen molar-refractivity contribution in [3.05, 3.63) is 87.3 Å². The van der Waals surface area contributed by atoms with Crippen molar-refractivity contribution >= 4 is 33.1 Å². The van der Waals surface area contributed by atoms with E-state index in [1.807, 2.05) is 64.3 Å². The van der Waals surface area contributed by atoms with Crippen LogP contribution < -0.4 is 16.0 Å². The summed E-state index contributed by atoms with van der Waals surface area (Å²) < 4.78 is 23.9. The number of hydrogen-bond donors (Lipinski definition) is 1. The van der Waals surface area contributed by atoms with E-state index >= 15 is 4.39 Å². The number of anilines is 1. The molecule has 6 aromatic rings. The Bertz CT molecular complexity index is 2010. The third-order valence-electron chi connectivity index (χ3n) is 6.92. The minimum Gasteiger partial charge on any atom is -0.488 e. The number of halogens is 1. The molecular weight excluding hydrogens is 541 g/mol. The van der Waals surface area contributed by atoms with Gasteiger partial charge in [-0.1, -0.05) is 29.8 Å². The highest BCUT2D eigenvalue weighted by molar-refractivity contribution is 7.15. The molecule has 0 bridgehead atoms. The lowest BCUT2D eigenvalue weighted by Crippen LogP contribution is -2.23. The summed E-state index contributed by atoms with van der Waals surface area (Å²) in [5.41, 5.74) is 11.2. The lowest BCUT2D eigenvalue weighted by atomic mass is 10.00. The van der Waals surface area contributed by atoms with Gasteiger partial charge in [0.1, 0.15) is 17.8 Å². The van der Waals surface area contributed by atoms with Gasteiger partial charge in [-0.2, -0.15) is 5.10 Å². The first-order valence-electron chi connectivity index (χ1n) is 13.2. The molecule has 0 aliphatic heterocycles. The zero-order valence-corrected chi connectivity index (χ0v) is 24.0. The van der Waals surface area contributed by atoms with Gasteiger partial charge < -0.3 is 10.5 Å². The van der Waals surface area contributed by atoms with Gasteiger partial charge >= 0.3 is 0 Å². The summed E-state index contributed by atoms with van der Waals surface area (Å²) in [7, 11) is 0. The highest BCUT2D eigenvalue weighted by Crippen LogP contribution is 2.36. The molecule has 0 saturated heterocycles. The Kier molecular flexibility index (Phi) is 6.53. The van der Waals surface area contributed by atoms with Gasteiger partial charge in [0.2, 0.25) is 0 Å². The smallest absolute Gasteiger partial charge is 0.266 e. The van der Waals surface area contributed by atoms with E-state index in [1.165, 1.54) is 23.7 Å². The number of ether oxygens (including phenoxy) is 1. The highest BCUT2D eigenvalue weighted by atomic mass is 32.1. The largest absolute Gasteiger partial charge is 0.488 e. The van der Waals surface area contributed by atoms with Crippen LogP contribution in [-0.4, -0.2) is 35.2 Å². The molecule has 11 heteroatoms. The van der Waals surface area contributed by atoms with Crippen molar-refractivity contribution in [2.75, 3.05) is 5.73 Å². The van der Waals surface area contributed by atoms with Gasteiger partial charge in [-0.3, -0.25) is 9.20 Å². The van der Waals surface area contributed by atoms with Crippen molar-refractivity contribution in [3.63, 3.8) is 0 Å². The van der Waals surface area contributed by atoms with Crippen molar-refractivity contribution in [1.29, 1.82) is 0 Å². The van der Waals surface area contributed by atoms with Crippen LogP contribution in [-0.2, 0) is 0 Å². The summed E-state index contributed by atoms with van der Waals surface area (Å²) in [6.07, 6.45) is 1.19. The van der Waals surface area contributed by atoms with Crippen molar-refractivity contribution in [1.82, 2.24) is 29.1 Å². The summed E-state index contributed by atoms with van der Waals surface area (Å²) in [5.74, 6) is -0.156. The molecule has 0 unspecified atom stereocenters. The quantitative estimate of drug-likeness (QED) is 0.263. The van der Waals surface area contributed by atoms with E-state index in [9.17, 15) is 4.79 Å². The first-order chi connectivity index (χ1) is 19.6. The molecule has 2 aromatic carbocycles. The number of nitrogens with zero attached hydrogens (tertiary/aromatic N) is 6. The van der Waals surface area contributed by atoms with Crippen LogP contribution in [0, 0.1) is 19.7 Å². The van der Waals surface area contributed by atoms with E-state index in [2.05, 4.69) is 9.97 Å². The number of benzene rings is 2. The fourth-order valence-electron chi connectivity index (χ4n) is 5.05. The first kappa shape index (κ1) is 26.6. The van der Waals surface area contributed by atoms with Gasteiger partial charge in [-0.05, 0) is 58.4 Å². The summed E-state index contributed by atoms with van der Waals surface area (Å²) in [6, 6.07) is 11.9. The summed E-state index contributed by atoms with van der Waals surface area (Å²) in [6.45, 7) is 9.45. The molecule has 6 rings (SSSR count). The molecule has 0 radical (unpaired) electrons. The number of hydrogen-bond acceptors (Lipinski definition) is 8. The Labute approximate surface area is 239 Å². The highest BCUT2D eigenvalue weighted by Gasteiger charge is 2.27. The number of nitrogens with two attached hydrogens (primary N) is 1. The van der Waals surface area contributed by atoms with Crippen LogP contribution in [0.2, 0.25) is 0 Å². The molecule has 4 aromatic heterocycles. The fourth-order valence-corrected chi connectivity index (χ4v) is 5.92. The van der Waals surface area contributed by atoms with Crippen molar-refractivity contribution in [2.45, 2.75) is 46.8 Å². The van der Waals surface area contributed by atoms with Crippen LogP contribution >= 0.6 is 11.3 Å². The number of aryl methyl sites for hydroxylation is 2. The summed E-state index contributed by atoms with van der Waals surface area (Å²) in [4.78, 5) is 28.2. The van der Waals surface area contributed by atoms with Gasteiger partial charge in [0.15, 0.2) is 22.2 Å². The SMILES string of the molecule is Cc1cccc(-c2c([C@H](C)n3nc(-c4ccc(OC(C)C)c(F)c4)c4c(N)ncnc43)nc3scc(C)n3c2=O)c1. The average Bonchev–Trinajstić information content (AvgIpc) is 3.51. The van der Waals surface area contributed by atoms with E-state index in [1.54, 1.807) is 21.2 Å². The van der Waals surface area contributed by atoms with Crippen molar-refractivity contribution in [3.8, 4) is 28.1 Å². The van der Waals surface area contributed by atoms with E-state index in [4.69, 9.17) is 20.6 Å². The number of thiazole rings is 1. The van der Waals surface area contributed by atoms with E-state index < -0.39 is 11.9 Å². The molecular formula is C30H28FN7O2S. The summed E-state index contributed by atoms with van der Waals surface area (Å²) in [5, 5.41) is 7.27. The summed E-state index contributed by atoms with van der Waals surface area (Å²) >= 11 is 1.40. The van der Waals surface area contributed by atoms with Crippen LogP contribution in [0.15, 0.2) is 59.0 Å². The van der Waals surface area contributed by atoms with Crippen LogP contribution in [0.5, 0.6) is 5.75 Å². The minimum atomic E-state index is -0.537. The maximum Gasteiger partial charge on any atom is 0.266 e. The minimum absolute atomic E-state index is 0.150. The molecule has 0 fully saturated rings. The molecule has 0 saturated carbocycles. The predicted octanol–water partition coefficient (Wildman–Crippen LogP) is 5.96. The molecule has 9 nitrogen and oxygen atoms in total. The molecule has 2 N–H and O–H groups in total. The number of nitrogen functional groups attached to an aromatic ring is 1. The average molecular weight is 570 g/mol. The van der Waals surface area contributed by atoms with Gasteiger partial charge in [-0.15, -0.1) is 11.3 Å². The van der Waals surface area contributed by atoms with Gasteiger partial charge in [0.05, 0.1) is 28.8 Å². The predicted molar refractivity (Wildman–Crippen MR) is 159 cm³/mol. The van der Waals surface area contributed by atoms with Crippen LogP contribution in [0.3, 0.4) is 0 Å². The Balaban J connectivity index is 1.59. The molecule has 208 valence electrons. The normalized spacial score (nSPS) is 12.5. The van der Waals surface area contributed by atoms with E-state index in [-0.39, 0.29) is 23.2 Å². The Morgan fingerprint density at radius 3 is 2.59 bits per heavy atom. The lowest BCUT2D eigenvalue weighted by Gasteiger charge is -2.17. The second-order valence-corrected chi connectivity index (χ2v) is 11.1. The fraction of sp³-hybridized carbons (Fsp3) is 0.233. The number of rotatable bonds is 6. The second-order valence-electron chi connectivity index (χ2n) is 10.3. The van der Waals surface area contributed by atoms with E-state index in [0.29, 0.717) is 38.5 Å². The molecule has 1 atom stereocenters. The van der Waals surface area contributed by atoms with Crippen LogP contribution in [0.25, 0.3) is 38.4 Å². The van der Waals surface area contributed by atoms with Gasteiger partial charge in [-0.25, -0.2) is 24.0 Å². The van der Waals surface area contributed by atoms with Crippen LogP contribution in [0.4, 0.5) is 10.2 Å².